The molecule has 10 heteroatoms. The highest BCUT2D eigenvalue weighted by Crippen LogP contribution is 2.48. The van der Waals surface area contributed by atoms with Crippen molar-refractivity contribution >= 4 is 57.7 Å². The number of Topliss-reactive ketones (excluding diaryl/α,β-unsaturated/α-hetero) is 1. The van der Waals surface area contributed by atoms with Gasteiger partial charge in [0.25, 0.3) is 11.7 Å². The Morgan fingerprint density at radius 3 is 2.07 bits per heavy atom. The van der Waals surface area contributed by atoms with Gasteiger partial charge in [0.15, 0.2) is 11.5 Å². The molecule has 1 aliphatic rings. The van der Waals surface area contributed by atoms with Crippen LogP contribution in [0.1, 0.15) is 17.2 Å². The highest BCUT2D eigenvalue weighted by molar-refractivity contribution is 6.52. The molecule has 0 spiro atoms. The van der Waals surface area contributed by atoms with Crippen molar-refractivity contribution in [1.29, 1.82) is 0 Å². The van der Waals surface area contributed by atoms with Crippen molar-refractivity contribution < 1.29 is 29.3 Å². The molecule has 1 amide bonds. The van der Waals surface area contributed by atoms with Crippen LogP contribution in [-0.2, 0) is 9.59 Å². The Morgan fingerprint density at radius 1 is 0.854 bits per heavy atom. The van der Waals surface area contributed by atoms with Crippen LogP contribution in [0.5, 0.6) is 17.2 Å². The summed E-state index contributed by atoms with van der Waals surface area (Å²) in [5, 5.41) is 24.8. The minimum absolute atomic E-state index is 0.00238. The van der Waals surface area contributed by atoms with Crippen molar-refractivity contribution in [1.82, 2.24) is 0 Å². The molecule has 4 aromatic carbocycles. The van der Waals surface area contributed by atoms with E-state index < -0.39 is 23.5 Å². The molecule has 41 heavy (non-hydrogen) atoms. The van der Waals surface area contributed by atoms with Crippen LogP contribution in [0.2, 0.25) is 10.0 Å². The van der Waals surface area contributed by atoms with Gasteiger partial charge in [-0.15, -0.1) is 0 Å². The number of nitrogens with zero attached hydrogens (tertiary/aromatic N) is 1. The molecule has 0 aliphatic carbocycles. The Kier molecular flexibility index (Phi) is 7.79. The van der Waals surface area contributed by atoms with Gasteiger partial charge in [-0.2, -0.15) is 0 Å². The lowest BCUT2D eigenvalue weighted by Gasteiger charge is -2.26. The van der Waals surface area contributed by atoms with Gasteiger partial charge in [-0.3, -0.25) is 14.5 Å². The van der Waals surface area contributed by atoms with Crippen LogP contribution < -0.4 is 19.7 Å². The maximum absolute atomic E-state index is 13.6. The Bertz CT molecular complexity index is 1660. The maximum atomic E-state index is 13.6. The molecule has 3 N–H and O–H groups in total. The quantitative estimate of drug-likeness (QED) is 0.120. The number of anilines is 3. The van der Waals surface area contributed by atoms with Gasteiger partial charge in [-0.05, 0) is 60.2 Å². The topological polar surface area (TPSA) is 108 Å². The number of amides is 1. The third kappa shape index (κ3) is 5.15. The second-order valence-electron chi connectivity index (χ2n) is 9.08. The smallest absolute Gasteiger partial charge is 0.300 e. The molecule has 1 atom stereocenters. The number of halogens is 2. The third-order valence-corrected chi connectivity index (χ3v) is 7.28. The van der Waals surface area contributed by atoms with E-state index in [0.29, 0.717) is 11.3 Å². The summed E-state index contributed by atoms with van der Waals surface area (Å²) >= 11 is 12.8. The van der Waals surface area contributed by atoms with E-state index in [1.165, 1.54) is 37.3 Å². The van der Waals surface area contributed by atoms with Crippen LogP contribution in [0.3, 0.4) is 0 Å². The summed E-state index contributed by atoms with van der Waals surface area (Å²) in [5.41, 5.74) is 2.34. The Morgan fingerprint density at radius 2 is 1.46 bits per heavy atom. The number of carbonyl (C=O) groups is 2. The van der Waals surface area contributed by atoms with E-state index in [1.54, 1.807) is 36.4 Å². The number of rotatable bonds is 7. The van der Waals surface area contributed by atoms with Gasteiger partial charge >= 0.3 is 0 Å². The molecule has 1 aliphatic heterocycles. The number of ether oxygens (including phenoxy) is 2. The van der Waals surface area contributed by atoms with Gasteiger partial charge in [-0.25, -0.2) is 0 Å². The van der Waals surface area contributed by atoms with E-state index in [9.17, 15) is 19.8 Å². The molecule has 1 saturated heterocycles. The lowest BCUT2D eigenvalue weighted by atomic mass is 9.94. The molecule has 1 unspecified atom stereocenters. The lowest BCUT2D eigenvalue weighted by Crippen LogP contribution is -2.29. The number of ketones is 1. The molecular formula is C31H24Cl2N2O6. The molecule has 0 saturated carbocycles. The van der Waals surface area contributed by atoms with E-state index in [1.807, 2.05) is 30.3 Å². The Balaban J connectivity index is 1.65. The number of phenolic OH excluding ortho intramolecular Hbond substituents is 1. The monoisotopic (exact) mass is 590 g/mol. The maximum Gasteiger partial charge on any atom is 0.300 e. The van der Waals surface area contributed by atoms with Crippen LogP contribution in [0, 0.1) is 0 Å². The summed E-state index contributed by atoms with van der Waals surface area (Å²) in [7, 11) is 2.72. The molecule has 1 heterocycles. The number of aliphatic hydroxyl groups is 1. The van der Waals surface area contributed by atoms with Gasteiger partial charge < -0.3 is 25.0 Å². The molecule has 0 radical (unpaired) electrons. The zero-order valence-electron chi connectivity index (χ0n) is 21.9. The number of aromatic hydroxyl groups is 1. The van der Waals surface area contributed by atoms with Crippen molar-refractivity contribution in [3.05, 3.63) is 112 Å². The van der Waals surface area contributed by atoms with Gasteiger partial charge in [-0.1, -0.05) is 53.5 Å². The van der Waals surface area contributed by atoms with Crippen LogP contribution in [0.4, 0.5) is 17.1 Å². The van der Waals surface area contributed by atoms with E-state index in [-0.39, 0.29) is 38.4 Å². The van der Waals surface area contributed by atoms with Crippen molar-refractivity contribution in [2.75, 3.05) is 24.4 Å². The number of phenols is 1. The molecule has 1 fully saturated rings. The minimum atomic E-state index is -1.05. The second kappa shape index (κ2) is 11.4. The summed E-state index contributed by atoms with van der Waals surface area (Å²) in [6.45, 7) is 0. The number of hydrogen-bond donors (Lipinski definition) is 3. The summed E-state index contributed by atoms with van der Waals surface area (Å²) in [6, 6.07) is 22.8. The predicted octanol–water partition coefficient (Wildman–Crippen LogP) is 7.09. The zero-order chi connectivity index (χ0) is 29.3. The van der Waals surface area contributed by atoms with Crippen molar-refractivity contribution in [2.45, 2.75) is 6.04 Å². The first kappa shape index (κ1) is 27.9. The van der Waals surface area contributed by atoms with E-state index in [4.69, 9.17) is 32.7 Å². The second-order valence-corrected chi connectivity index (χ2v) is 9.87. The van der Waals surface area contributed by atoms with Gasteiger partial charge in [0.05, 0.1) is 36.4 Å². The Hall–Kier alpha value is -4.66. The average Bonchev–Trinajstić information content (AvgIpc) is 3.24. The molecule has 5 rings (SSSR count). The van der Waals surface area contributed by atoms with Crippen molar-refractivity contribution in [3.63, 3.8) is 0 Å². The number of nitrogens with one attached hydrogen (secondary N) is 1. The highest BCUT2D eigenvalue weighted by atomic mass is 35.5. The summed E-state index contributed by atoms with van der Waals surface area (Å²) < 4.78 is 10.7. The lowest BCUT2D eigenvalue weighted by molar-refractivity contribution is -0.132. The first-order chi connectivity index (χ1) is 19.7. The summed E-state index contributed by atoms with van der Waals surface area (Å²) in [5.74, 6) is -2.17. The van der Waals surface area contributed by atoms with Crippen molar-refractivity contribution in [3.8, 4) is 17.2 Å². The fourth-order valence-electron chi connectivity index (χ4n) is 4.76. The SMILES string of the molecule is COc1c(Cl)cc(/C(O)=C2\C(=O)C(=O)N(c3ccc(Nc4ccccc4)cc3)C2c2ccc(O)cc2)c(OC)c1Cl. The Labute approximate surface area is 246 Å². The van der Waals surface area contributed by atoms with Crippen molar-refractivity contribution in [2.24, 2.45) is 0 Å². The summed E-state index contributed by atoms with van der Waals surface area (Å²) in [4.78, 5) is 28.4. The summed E-state index contributed by atoms with van der Waals surface area (Å²) in [6.07, 6.45) is 0. The number of aliphatic hydroxyl groups excluding tert-OH is 1. The first-order valence-electron chi connectivity index (χ1n) is 12.4. The highest BCUT2D eigenvalue weighted by Gasteiger charge is 2.47. The van der Waals surface area contributed by atoms with Crippen LogP contribution in [0.25, 0.3) is 5.76 Å². The molecule has 8 nitrogen and oxygen atoms in total. The minimum Gasteiger partial charge on any atom is -0.508 e. The average molecular weight is 591 g/mol. The molecular weight excluding hydrogens is 567 g/mol. The first-order valence-corrected chi connectivity index (χ1v) is 13.1. The number of hydrogen-bond acceptors (Lipinski definition) is 7. The van der Waals surface area contributed by atoms with Crippen LogP contribution >= 0.6 is 23.2 Å². The standard InChI is InChI=1S/C31H24Cl2N2O6/c1-40-29-22(16-23(32)30(41-2)25(29)33)27(37)24-26(17-8-14-21(36)15-9-17)35(31(39)28(24)38)20-12-10-19(11-13-20)34-18-6-4-3-5-7-18/h3-16,26,34,36-37H,1-2H3/b27-24+. The third-order valence-electron chi connectivity index (χ3n) is 6.66. The number of methoxy groups -OCH3 is 2. The molecule has 4 aromatic rings. The normalized spacial score (nSPS) is 16.1. The predicted molar refractivity (Wildman–Crippen MR) is 159 cm³/mol. The largest absolute Gasteiger partial charge is 0.508 e. The van der Waals surface area contributed by atoms with E-state index >= 15 is 0 Å². The number of benzene rings is 4. The molecule has 208 valence electrons. The van der Waals surface area contributed by atoms with Gasteiger partial charge in [0.2, 0.25) is 0 Å². The molecule has 0 aromatic heterocycles. The van der Waals surface area contributed by atoms with Gasteiger partial charge in [0.1, 0.15) is 16.5 Å². The van der Waals surface area contributed by atoms with Crippen LogP contribution in [-0.4, -0.2) is 36.1 Å². The number of carbonyl (C=O) groups excluding carboxylic acids is 2. The van der Waals surface area contributed by atoms with E-state index in [0.717, 1.165) is 11.4 Å². The van der Waals surface area contributed by atoms with Gasteiger partial charge in [0, 0.05) is 17.1 Å². The van der Waals surface area contributed by atoms with E-state index in [2.05, 4.69) is 5.32 Å². The fourth-order valence-corrected chi connectivity index (χ4v) is 5.44. The number of para-hydroxylation sites is 1. The fraction of sp³-hybridized carbons (Fsp3) is 0.0968. The van der Waals surface area contributed by atoms with Crippen LogP contribution in [0.15, 0.2) is 90.5 Å². The zero-order valence-corrected chi connectivity index (χ0v) is 23.4. The molecule has 0 bridgehead atoms.